The topological polar surface area (TPSA) is 46.2 Å². The van der Waals surface area contributed by atoms with Gasteiger partial charge in [0.2, 0.25) is 0 Å². The van der Waals surface area contributed by atoms with E-state index in [1.54, 1.807) is 7.11 Å². The van der Waals surface area contributed by atoms with E-state index in [9.17, 15) is 0 Å². The van der Waals surface area contributed by atoms with E-state index in [-0.39, 0.29) is 24.6 Å². The minimum absolute atomic E-state index is 0.133. The van der Waals surface area contributed by atoms with Crippen LogP contribution >= 0.6 is 0 Å². The molecule has 0 aliphatic carbocycles. The molecule has 0 unspecified atom stereocenters. The third kappa shape index (κ3) is 7.73. The number of unbranched alkanes of at least 4 members (excludes halogenated alkanes) is 3. The average molecular weight is 533 g/mol. The predicted octanol–water partition coefficient (Wildman–Crippen LogP) is 5.84. The van der Waals surface area contributed by atoms with Crippen LogP contribution in [0, 0.1) is 0 Å². The van der Waals surface area contributed by atoms with E-state index in [1.807, 2.05) is 13.8 Å². The predicted molar refractivity (Wildman–Crippen MR) is 124 cm³/mol. The molecule has 2 heterocycles. The first-order valence-electron chi connectivity index (χ1n) is 12.2. The summed E-state index contributed by atoms with van der Waals surface area (Å²) in [6.45, 7) is 12.0. The maximum atomic E-state index is 6.05. The van der Waals surface area contributed by atoms with Crippen LogP contribution in [0.15, 0.2) is 10.2 Å². The van der Waals surface area contributed by atoms with Crippen molar-refractivity contribution in [2.45, 2.75) is 117 Å². The Bertz CT molecular complexity index is 488. The van der Waals surface area contributed by atoms with Gasteiger partial charge < -0.3 is 0 Å². The normalized spacial score (nSPS) is 28.5. The summed E-state index contributed by atoms with van der Waals surface area (Å²) in [5, 5.41) is 0. The van der Waals surface area contributed by atoms with Gasteiger partial charge in [-0.2, -0.15) is 0 Å². The SMILES string of the molecule is CCC[CH2][Sn](/[CH]=C/COC[C@H]1O[C@@H](OC)[C@@H]2OC(C)(C)O[C@@H]21)([CH2]CCC)[CH2]CCC. The first-order chi connectivity index (χ1) is 14.4. The van der Waals surface area contributed by atoms with Crippen LogP contribution in [-0.4, -0.2) is 69.1 Å². The van der Waals surface area contributed by atoms with E-state index in [1.165, 1.54) is 51.8 Å². The van der Waals surface area contributed by atoms with Crippen LogP contribution in [0.3, 0.4) is 0 Å². The molecular weight excluding hydrogens is 487 g/mol. The molecule has 4 atom stereocenters. The monoisotopic (exact) mass is 534 g/mol. The van der Waals surface area contributed by atoms with E-state index in [2.05, 4.69) is 30.9 Å². The molecule has 30 heavy (non-hydrogen) atoms. The second-order valence-corrected chi connectivity index (χ2v) is 22.5. The second kappa shape index (κ2) is 13.1. The van der Waals surface area contributed by atoms with E-state index in [0.717, 1.165) is 0 Å². The first-order valence-corrected chi connectivity index (χ1v) is 19.9. The van der Waals surface area contributed by atoms with E-state index < -0.39 is 24.2 Å². The van der Waals surface area contributed by atoms with Crippen LogP contribution in [0.5, 0.6) is 0 Å². The Morgan fingerprint density at radius 2 is 1.47 bits per heavy atom. The van der Waals surface area contributed by atoms with Crippen LogP contribution in [0.4, 0.5) is 0 Å². The van der Waals surface area contributed by atoms with Gasteiger partial charge in [-0.1, -0.05) is 0 Å². The molecule has 5 nitrogen and oxygen atoms in total. The Balaban J connectivity index is 1.88. The molecule has 0 spiro atoms. The summed E-state index contributed by atoms with van der Waals surface area (Å²) in [6, 6.07) is 0. The Morgan fingerprint density at radius 1 is 0.900 bits per heavy atom. The summed E-state index contributed by atoms with van der Waals surface area (Å²) >= 11 is -2.21. The average Bonchev–Trinajstić information content (AvgIpc) is 3.21. The van der Waals surface area contributed by atoms with E-state index in [0.29, 0.717) is 13.2 Å². The van der Waals surface area contributed by atoms with Crippen LogP contribution in [-0.2, 0) is 23.7 Å². The fourth-order valence-corrected chi connectivity index (χ4v) is 19.1. The Morgan fingerprint density at radius 3 is 2.00 bits per heavy atom. The summed E-state index contributed by atoms with van der Waals surface area (Å²) in [6.07, 6.45) is 9.56. The molecule has 0 aromatic rings. The van der Waals surface area contributed by atoms with Crippen LogP contribution in [0.2, 0.25) is 13.3 Å². The van der Waals surface area contributed by atoms with Crippen LogP contribution in [0.25, 0.3) is 0 Å². The number of rotatable bonds is 15. The molecule has 0 saturated carbocycles. The second-order valence-electron chi connectivity index (χ2n) is 9.46. The molecule has 0 aromatic carbocycles. The van der Waals surface area contributed by atoms with Gasteiger partial charge in [-0.05, 0) is 0 Å². The number of ether oxygens (including phenoxy) is 5. The maximum absolute atomic E-state index is 6.05. The molecule has 176 valence electrons. The molecule has 2 fully saturated rings. The molecule has 0 aromatic heterocycles. The van der Waals surface area contributed by atoms with Gasteiger partial charge in [-0.3, -0.25) is 0 Å². The zero-order valence-corrected chi connectivity index (χ0v) is 23.1. The summed E-state index contributed by atoms with van der Waals surface area (Å²) in [5.41, 5.74) is 0. The van der Waals surface area contributed by atoms with E-state index in [4.69, 9.17) is 23.7 Å². The minimum atomic E-state index is -2.21. The Labute approximate surface area is 189 Å². The fourth-order valence-electron chi connectivity index (χ4n) is 4.73. The van der Waals surface area contributed by atoms with Gasteiger partial charge in [0.05, 0.1) is 0 Å². The summed E-state index contributed by atoms with van der Waals surface area (Å²) in [7, 11) is 1.65. The van der Waals surface area contributed by atoms with Gasteiger partial charge in [0.25, 0.3) is 0 Å². The van der Waals surface area contributed by atoms with Crippen molar-refractivity contribution in [3.05, 3.63) is 10.2 Å². The van der Waals surface area contributed by atoms with Crippen molar-refractivity contribution in [1.29, 1.82) is 0 Å². The van der Waals surface area contributed by atoms with Gasteiger partial charge in [-0.25, -0.2) is 0 Å². The fraction of sp³-hybridized carbons (Fsp3) is 0.917. The Hall–Kier alpha value is 0.339. The molecule has 0 bridgehead atoms. The number of hydrogen-bond acceptors (Lipinski definition) is 5. The third-order valence-corrected chi connectivity index (χ3v) is 20.6. The third-order valence-electron chi connectivity index (χ3n) is 6.39. The molecular formula is C24H46O5Sn. The van der Waals surface area contributed by atoms with Crippen molar-refractivity contribution in [3.8, 4) is 0 Å². The summed E-state index contributed by atoms with van der Waals surface area (Å²) in [4.78, 5) is 0. The number of fused-ring (bicyclic) bond motifs is 1. The van der Waals surface area contributed by atoms with E-state index >= 15 is 0 Å². The molecule has 0 amide bonds. The molecule has 2 saturated heterocycles. The molecule has 2 aliphatic heterocycles. The van der Waals surface area contributed by atoms with Gasteiger partial charge in [0, 0.05) is 0 Å². The van der Waals surface area contributed by atoms with Crippen molar-refractivity contribution in [2.24, 2.45) is 0 Å². The Kier molecular flexibility index (Phi) is 11.6. The molecule has 0 radical (unpaired) electrons. The first kappa shape index (κ1) is 26.6. The molecule has 0 N–H and O–H groups in total. The molecule has 2 rings (SSSR count). The molecule has 2 aliphatic rings. The van der Waals surface area contributed by atoms with Crippen molar-refractivity contribution in [1.82, 2.24) is 0 Å². The van der Waals surface area contributed by atoms with Crippen molar-refractivity contribution >= 4 is 18.4 Å². The van der Waals surface area contributed by atoms with Crippen LogP contribution in [0.1, 0.15) is 73.1 Å². The standard InChI is InChI=1S/C12H19O5.3C4H9.Sn/c1-5-6-14-7-8-9-10(11(13-4)15-8)17-12(2,3)16-9;3*1-3-4-2;/h1,5,8-11H,6-7H2,2-4H3;3*1,3-4H2,2H3;/t8-,9-,10-,11-;;;;/m1..../s1. The van der Waals surface area contributed by atoms with Gasteiger partial charge >= 0.3 is 189 Å². The van der Waals surface area contributed by atoms with Crippen molar-refractivity contribution in [3.63, 3.8) is 0 Å². The quantitative estimate of drug-likeness (QED) is 0.196. The molecule has 6 heteroatoms. The van der Waals surface area contributed by atoms with Gasteiger partial charge in [-0.15, -0.1) is 0 Å². The number of hydrogen-bond donors (Lipinski definition) is 0. The van der Waals surface area contributed by atoms with Crippen molar-refractivity contribution < 1.29 is 23.7 Å². The van der Waals surface area contributed by atoms with Gasteiger partial charge in [0.1, 0.15) is 0 Å². The number of methoxy groups -OCH3 is 1. The zero-order valence-electron chi connectivity index (χ0n) is 20.3. The summed E-state index contributed by atoms with van der Waals surface area (Å²) < 4.78 is 36.6. The zero-order chi connectivity index (χ0) is 22.0. The summed E-state index contributed by atoms with van der Waals surface area (Å²) in [5.74, 6) is -0.597. The van der Waals surface area contributed by atoms with Gasteiger partial charge in [0.15, 0.2) is 0 Å². The van der Waals surface area contributed by atoms with Crippen molar-refractivity contribution in [2.75, 3.05) is 20.3 Å². The van der Waals surface area contributed by atoms with Crippen LogP contribution < -0.4 is 0 Å².